The maximum Gasteiger partial charge on any atom is 0.305 e. The summed E-state index contributed by atoms with van der Waals surface area (Å²) in [4.78, 5) is 25.5. The fourth-order valence-electron chi connectivity index (χ4n) is 3.44. The lowest BCUT2D eigenvalue weighted by Crippen LogP contribution is -2.45. The predicted octanol–water partition coefficient (Wildman–Crippen LogP) is 2.41. The van der Waals surface area contributed by atoms with Crippen LogP contribution in [0.25, 0.3) is 0 Å². The van der Waals surface area contributed by atoms with Crippen molar-refractivity contribution in [1.29, 1.82) is 0 Å². The van der Waals surface area contributed by atoms with E-state index in [-0.39, 0.29) is 42.6 Å². The van der Waals surface area contributed by atoms with Gasteiger partial charge in [0.2, 0.25) is 5.91 Å². The van der Waals surface area contributed by atoms with E-state index in [0.29, 0.717) is 13.2 Å². The van der Waals surface area contributed by atoms with Crippen molar-refractivity contribution in [3.05, 3.63) is 35.6 Å². The van der Waals surface area contributed by atoms with E-state index in [0.717, 1.165) is 24.8 Å². The number of aliphatic carboxylic acids is 1. The topological polar surface area (TPSA) is 66.8 Å². The van der Waals surface area contributed by atoms with E-state index in [1.54, 1.807) is 17.0 Å². The summed E-state index contributed by atoms with van der Waals surface area (Å²) >= 11 is 0. The van der Waals surface area contributed by atoms with Gasteiger partial charge < -0.3 is 14.7 Å². The van der Waals surface area contributed by atoms with Crippen LogP contribution in [0.2, 0.25) is 0 Å². The molecule has 5 nitrogen and oxygen atoms in total. The monoisotopic (exact) mass is 335 g/mol. The Morgan fingerprint density at radius 1 is 1.21 bits per heavy atom. The highest BCUT2D eigenvalue weighted by atomic mass is 19.1. The highest BCUT2D eigenvalue weighted by Gasteiger charge is 2.46. The first-order valence-corrected chi connectivity index (χ1v) is 8.41. The van der Waals surface area contributed by atoms with Crippen LogP contribution in [-0.4, -0.2) is 47.7 Å². The molecule has 2 aliphatic rings. The molecule has 1 saturated heterocycles. The van der Waals surface area contributed by atoms with E-state index < -0.39 is 5.97 Å². The van der Waals surface area contributed by atoms with Crippen molar-refractivity contribution in [2.24, 2.45) is 5.92 Å². The number of rotatable bonds is 6. The fourth-order valence-corrected chi connectivity index (χ4v) is 3.44. The van der Waals surface area contributed by atoms with Crippen LogP contribution in [0.4, 0.5) is 4.39 Å². The molecule has 2 fully saturated rings. The van der Waals surface area contributed by atoms with E-state index in [4.69, 9.17) is 9.84 Å². The van der Waals surface area contributed by atoms with Crippen LogP contribution in [0.15, 0.2) is 24.3 Å². The maximum atomic E-state index is 13.0. The molecule has 2 atom stereocenters. The van der Waals surface area contributed by atoms with Gasteiger partial charge in [0.15, 0.2) is 0 Å². The molecule has 1 amide bonds. The molecular formula is C18H22FNO4. The minimum atomic E-state index is -0.897. The predicted molar refractivity (Wildman–Crippen MR) is 85.1 cm³/mol. The van der Waals surface area contributed by atoms with E-state index >= 15 is 0 Å². The van der Waals surface area contributed by atoms with Gasteiger partial charge in [0.1, 0.15) is 5.82 Å². The molecule has 1 saturated carbocycles. The van der Waals surface area contributed by atoms with Crippen molar-refractivity contribution in [3.63, 3.8) is 0 Å². The summed E-state index contributed by atoms with van der Waals surface area (Å²) in [5.74, 6) is -1.16. The van der Waals surface area contributed by atoms with Gasteiger partial charge in [0.05, 0.1) is 6.42 Å². The second kappa shape index (κ2) is 7.30. The highest BCUT2D eigenvalue weighted by molar-refractivity contribution is 5.83. The summed E-state index contributed by atoms with van der Waals surface area (Å²) in [5.41, 5.74) is 0.972. The largest absolute Gasteiger partial charge is 0.481 e. The molecule has 0 spiro atoms. The minimum Gasteiger partial charge on any atom is -0.481 e. The number of amides is 1. The number of hydrogen-bond acceptors (Lipinski definition) is 3. The number of carboxylic acids is 1. The van der Waals surface area contributed by atoms with Crippen LogP contribution in [-0.2, 0) is 14.3 Å². The smallest absolute Gasteiger partial charge is 0.305 e. The van der Waals surface area contributed by atoms with Gasteiger partial charge in [-0.3, -0.25) is 9.59 Å². The van der Waals surface area contributed by atoms with Gasteiger partial charge in [-0.05, 0) is 42.9 Å². The molecule has 1 heterocycles. The van der Waals surface area contributed by atoms with Crippen molar-refractivity contribution in [1.82, 2.24) is 4.90 Å². The van der Waals surface area contributed by atoms with Crippen LogP contribution in [0.1, 0.15) is 37.2 Å². The van der Waals surface area contributed by atoms with Crippen molar-refractivity contribution in [2.45, 2.75) is 37.6 Å². The standard InChI is InChI=1S/C18H22FNO4/c19-13-3-1-12(2-4-13)15-11-16(15)18(23)20(8-5-17(21)22)14-6-9-24-10-7-14/h1-4,14-16H,5-11H2,(H,21,22)/t15-,16+/m1/s1. The van der Waals surface area contributed by atoms with Gasteiger partial charge in [0.25, 0.3) is 0 Å². The van der Waals surface area contributed by atoms with Gasteiger partial charge >= 0.3 is 5.97 Å². The molecule has 6 heteroatoms. The Hall–Kier alpha value is -1.95. The molecule has 24 heavy (non-hydrogen) atoms. The molecule has 0 bridgehead atoms. The fraction of sp³-hybridized carbons (Fsp3) is 0.556. The normalized spacial score (nSPS) is 23.7. The lowest BCUT2D eigenvalue weighted by atomic mass is 10.0. The van der Waals surface area contributed by atoms with E-state index in [1.165, 1.54) is 12.1 Å². The summed E-state index contributed by atoms with van der Waals surface area (Å²) in [5, 5.41) is 8.95. The molecule has 0 radical (unpaired) electrons. The second-order valence-electron chi connectivity index (χ2n) is 6.52. The van der Waals surface area contributed by atoms with Crippen molar-refractivity contribution < 1.29 is 23.8 Å². The molecule has 1 aliphatic heterocycles. The average molecular weight is 335 g/mol. The first-order valence-electron chi connectivity index (χ1n) is 8.41. The summed E-state index contributed by atoms with van der Waals surface area (Å²) in [6.45, 7) is 1.45. The third-order valence-electron chi connectivity index (χ3n) is 4.89. The first kappa shape index (κ1) is 16.9. The van der Waals surface area contributed by atoms with Crippen LogP contribution in [0, 0.1) is 11.7 Å². The molecular weight excluding hydrogens is 313 g/mol. The van der Waals surface area contributed by atoms with E-state index in [2.05, 4.69) is 0 Å². The average Bonchev–Trinajstić information content (AvgIpc) is 3.37. The highest BCUT2D eigenvalue weighted by Crippen LogP contribution is 2.48. The summed E-state index contributed by atoms with van der Waals surface area (Å²) < 4.78 is 18.4. The summed E-state index contributed by atoms with van der Waals surface area (Å²) in [6, 6.07) is 6.33. The number of nitrogens with zero attached hydrogens (tertiary/aromatic N) is 1. The van der Waals surface area contributed by atoms with Crippen molar-refractivity contribution in [2.75, 3.05) is 19.8 Å². The first-order chi connectivity index (χ1) is 11.6. The lowest BCUT2D eigenvalue weighted by molar-refractivity contribution is -0.141. The van der Waals surface area contributed by atoms with Gasteiger partial charge in [0, 0.05) is 31.7 Å². The van der Waals surface area contributed by atoms with E-state index in [1.807, 2.05) is 0 Å². The van der Waals surface area contributed by atoms with Crippen LogP contribution in [0.3, 0.4) is 0 Å². The number of halogens is 1. The lowest BCUT2D eigenvalue weighted by Gasteiger charge is -2.34. The van der Waals surface area contributed by atoms with Crippen molar-refractivity contribution in [3.8, 4) is 0 Å². The Labute approximate surface area is 140 Å². The molecule has 0 aromatic heterocycles. The number of hydrogen-bond donors (Lipinski definition) is 1. The zero-order valence-corrected chi connectivity index (χ0v) is 13.5. The zero-order chi connectivity index (χ0) is 17.1. The third-order valence-corrected chi connectivity index (χ3v) is 4.89. The van der Waals surface area contributed by atoms with Crippen molar-refractivity contribution >= 4 is 11.9 Å². The number of carbonyl (C=O) groups is 2. The molecule has 1 N–H and O–H groups in total. The Balaban J connectivity index is 1.66. The summed E-state index contributed by atoms with van der Waals surface area (Å²) in [7, 11) is 0. The molecule has 130 valence electrons. The summed E-state index contributed by atoms with van der Waals surface area (Å²) in [6.07, 6.45) is 2.20. The van der Waals surface area contributed by atoms with Crippen LogP contribution < -0.4 is 0 Å². The molecule has 3 rings (SSSR count). The van der Waals surface area contributed by atoms with Gasteiger partial charge in [-0.1, -0.05) is 12.1 Å². The van der Waals surface area contributed by atoms with Crippen LogP contribution in [0.5, 0.6) is 0 Å². The maximum absolute atomic E-state index is 13.0. The van der Waals surface area contributed by atoms with Gasteiger partial charge in [-0.2, -0.15) is 0 Å². The number of benzene rings is 1. The number of carbonyl (C=O) groups excluding carboxylic acids is 1. The quantitative estimate of drug-likeness (QED) is 0.867. The Kier molecular flexibility index (Phi) is 5.14. The molecule has 0 unspecified atom stereocenters. The number of ether oxygens (including phenoxy) is 1. The Morgan fingerprint density at radius 2 is 1.88 bits per heavy atom. The minimum absolute atomic E-state index is 0.0254. The SMILES string of the molecule is O=C(O)CCN(C(=O)[C@H]1C[C@@H]1c1ccc(F)cc1)C1CCOCC1. The third kappa shape index (κ3) is 3.93. The number of carboxylic acid groups (broad SMARTS) is 1. The Morgan fingerprint density at radius 3 is 2.50 bits per heavy atom. The van der Waals surface area contributed by atoms with Crippen LogP contribution >= 0.6 is 0 Å². The zero-order valence-electron chi connectivity index (χ0n) is 13.5. The molecule has 1 aromatic carbocycles. The molecule has 1 aliphatic carbocycles. The Bertz CT molecular complexity index is 598. The van der Waals surface area contributed by atoms with Gasteiger partial charge in [-0.15, -0.1) is 0 Å². The van der Waals surface area contributed by atoms with E-state index in [9.17, 15) is 14.0 Å². The van der Waals surface area contributed by atoms with Gasteiger partial charge in [-0.25, -0.2) is 4.39 Å². The molecule has 1 aromatic rings. The second-order valence-corrected chi connectivity index (χ2v) is 6.52.